The van der Waals surface area contributed by atoms with E-state index in [1.165, 1.54) is 5.56 Å². The molecule has 1 aromatic carbocycles. The van der Waals surface area contributed by atoms with Gasteiger partial charge < -0.3 is 10.1 Å². The first-order chi connectivity index (χ1) is 9.83. The quantitative estimate of drug-likeness (QED) is 0.796. The minimum absolute atomic E-state index is 0.226. The fourth-order valence-electron chi connectivity index (χ4n) is 2.08. The molecule has 0 bridgehead atoms. The molecule has 1 N–H and O–H groups in total. The monoisotopic (exact) mass is 290 g/mol. The van der Waals surface area contributed by atoms with Gasteiger partial charge in [-0.2, -0.15) is 0 Å². The molecule has 0 amide bonds. The molecule has 2 aromatic rings. The lowest BCUT2D eigenvalue weighted by Crippen LogP contribution is -2.32. The summed E-state index contributed by atoms with van der Waals surface area (Å²) in [6.07, 6.45) is 2.64. The first kappa shape index (κ1) is 14.8. The number of pyridine rings is 1. The maximum Gasteiger partial charge on any atom is 0.217 e. The Morgan fingerprint density at radius 3 is 2.70 bits per heavy atom. The maximum absolute atomic E-state index is 6.05. The van der Waals surface area contributed by atoms with Crippen molar-refractivity contribution in [3.05, 3.63) is 59.8 Å². The Morgan fingerprint density at radius 1 is 1.20 bits per heavy atom. The van der Waals surface area contributed by atoms with E-state index in [4.69, 9.17) is 16.3 Å². The highest BCUT2D eigenvalue weighted by atomic mass is 35.5. The Kier molecular flexibility index (Phi) is 5.84. The molecule has 0 fully saturated rings. The zero-order valence-electron chi connectivity index (χ0n) is 11.6. The predicted molar refractivity (Wildman–Crippen MR) is 82.3 cm³/mol. The van der Waals surface area contributed by atoms with Crippen LogP contribution in [-0.4, -0.2) is 24.0 Å². The summed E-state index contributed by atoms with van der Waals surface area (Å²) in [7, 11) is 1.63. The van der Waals surface area contributed by atoms with Crippen LogP contribution in [0.15, 0.2) is 48.7 Å². The highest BCUT2D eigenvalue weighted by Gasteiger charge is 2.10. The third kappa shape index (κ3) is 4.22. The lowest BCUT2D eigenvalue weighted by atomic mass is 10.1. The molecule has 1 unspecified atom stereocenters. The van der Waals surface area contributed by atoms with Gasteiger partial charge in [-0.05, 0) is 18.1 Å². The van der Waals surface area contributed by atoms with Crippen molar-refractivity contribution in [3.8, 4) is 5.88 Å². The largest absolute Gasteiger partial charge is 0.481 e. The van der Waals surface area contributed by atoms with Gasteiger partial charge in [-0.1, -0.05) is 36.4 Å². The number of aromatic nitrogens is 1. The van der Waals surface area contributed by atoms with Gasteiger partial charge in [0.1, 0.15) is 0 Å². The Bertz CT molecular complexity index is 519. The number of halogens is 1. The third-order valence-electron chi connectivity index (χ3n) is 3.14. The minimum Gasteiger partial charge on any atom is -0.481 e. The van der Waals surface area contributed by atoms with E-state index < -0.39 is 0 Å². The fourth-order valence-corrected chi connectivity index (χ4v) is 2.29. The van der Waals surface area contributed by atoms with Crippen LogP contribution in [0.2, 0.25) is 0 Å². The molecule has 3 nitrogen and oxygen atoms in total. The Labute approximate surface area is 124 Å². The summed E-state index contributed by atoms with van der Waals surface area (Å²) < 4.78 is 5.25. The molecular weight excluding hydrogens is 272 g/mol. The van der Waals surface area contributed by atoms with Gasteiger partial charge in [0.25, 0.3) is 0 Å². The number of alkyl halides is 1. The van der Waals surface area contributed by atoms with Crippen LogP contribution in [0, 0.1) is 0 Å². The summed E-state index contributed by atoms with van der Waals surface area (Å²) in [5.74, 6) is 1.23. The molecule has 0 radical (unpaired) electrons. The van der Waals surface area contributed by atoms with Gasteiger partial charge >= 0.3 is 0 Å². The number of methoxy groups -OCH3 is 1. The number of rotatable bonds is 7. The van der Waals surface area contributed by atoms with Gasteiger partial charge in [0, 0.05) is 30.2 Å². The molecule has 20 heavy (non-hydrogen) atoms. The first-order valence-electron chi connectivity index (χ1n) is 6.64. The normalized spacial score (nSPS) is 12.1. The molecule has 106 valence electrons. The van der Waals surface area contributed by atoms with Crippen LogP contribution in [-0.2, 0) is 13.0 Å². The highest BCUT2D eigenvalue weighted by Crippen LogP contribution is 2.14. The molecule has 0 saturated carbocycles. The molecule has 0 spiro atoms. The van der Waals surface area contributed by atoms with E-state index in [0.29, 0.717) is 18.3 Å². The number of nitrogens with one attached hydrogen (secondary N) is 1. The molecule has 0 aliphatic carbocycles. The molecule has 1 atom stereocenters. The van der Waals surface area contributed by atoms with Crippen LogP contribution in [0.4, 0.5) is 0 Å². The second kappa shape index (κ2) is 7.88. The molecular formula is C16H19ClN2O. The topological polar surface area (TPSA) is 34.1 Å². The molecule has 1 heterocycles. The van der Waals surface area contributed by atoms with Gasteiger partial charge in [0.05, 0.1) is 7.11 Å². The smallest absolute Gasteiger partial charge is 0.217 e. The van der Waals surface area contributed by atoms with Crippen LogP contribution < -0.4 is 10.1 Å². The summed E-state index contributed by atoms with van der Waals surface area (Å²) in [6, 6.07) is 14.5. The third-order valence-corrected chi connectivity index (χ3v) is 3.51. The van der Waals surface area contributed by atoms with Crippen LogP contribution in [0.5, 0.6) is 5.88 Å². The van der Waals surface area contributed by atoms with Crippen LogP contribution in [0.3, 0.4) is 0 Å². The molecule has 0 saturated heterocycles. The summed E-state index contributed by atoms with van der Waals surface area (Å²) in [5, 5.41) is 3.46. The van der Waals surface area contributed by atoms with Gasteiger partial charge in [-0.15, -0.1) is 11.6 Å². The lowest BCUT2D eigenvalue weighted by molar-refractivity contribution is 0.389. The van der Waals surface area contributed by atoms with E-state index in [1.54, 1.807) is 13.3 Å². The molecule has 0 aliphatic heterocycles. The van der Waals surface area contributed by atoms with Crippen molar-refractivity contribution in [1.82, 2.24) is 10.3 Å². The van der Waals surface area contributed by atoms with E-state index >= 15 is 0 Å². The zero-order valence-corrected chi connectivity index (χ0v) is 12.3. The van der Waals surface area contributed by atoms with Gasteiger partial charge in [0.2, 0.25) is 5.88 Å². The Hall–Kier alpha value is -1.58. The fraction of sp³-hybridized carbons (Fsp3) is 0.312. The summed E-state index contributed by atoms with van der Waals surface area (Å²) in [5.41, 5.74) is 2.32. The standard InChI is InChI=1S/C16H19ClN2O/c1-20-16-14(8-5-9-18-16)12-19-15(11-17)10-13-6-3-2-4-7-13/h2-9,15,19H,10-12H2,1H3. The van der Waals surface area contributed by atoms with Gasteiger partial charge in [-0.25, -0.2) is 4.98 Å². The van der Waals surface area contributed by atoms with Crippen molar-refractivity contribution in [2.24, 2.45) is 0 Å². The molecule has 4 heteroatoms. The van der Waals surface area contributed by atoms with Crippen molar-refractivity contribution < 1.29 is 4.74 Å². The van der Waals surface area contributed by atoms with E-state index in [0.717, 1.165) is 12.0 Å². The molecule has 1 aromatic heterocycles. The second-order valence-electron chi connectivity index (χ2n) is 4.59. The van der Waals surface area contributed by atoms with Crippen molar-refractivity contribution >= 4 is 11.6 Å². The first-order valence-corrected chi connectivity index (χ1v) is 7.18. The second-order valence-corrected chi connectivity index (χ2v) is 4.90. The Balaban J connectivity index is 1.94. The van der Waals surface area contributed by atoms with Crippen LogP contribution in [0.1, 0.15) is 11.1 Å². The number of benzene rings is 1. The average Bonchev–Trinajstić information content (AvgIpc) is 2.52. The summed E-state index contributed by atoms with van der Waals surface area (Å²) in [6.45, 7) is 0.696. The SMILES string of the molecule is COc1ncccc1CNC(CCl)Cc1ccccc1. The van der Waals surface area contributed by atoms with E-state index in [2.05, 4.69) is 22.4 Å². The van der Waals surface area contributed by atoms with E-state index in [9.17, 15) is 0 Å². The number of hydrogen-bond donors (Lipinski definition) is 1. The predicted octanol–water partition coefficient (Wildman–Crippen LogP) is 3.03. The van der Waals surface area contributed by atoms with E-state index in [-0.39, 0.29) is 6.04 Å². The summed E-state index contributed by atoms with van der Waals surface area (Å²) >= 11 is 6.05. The van der Waals surface area contributed by atoms with Crippen LogP contribution in [0.25, 0.3) is 0 Å². The molecule has 0 aliphatic rings. The zero-order chi connectivity index (χ0) is 14.2. The number of nitrogens with zero attached hydrogens (tertiary/aromatic N) is 1. The lowest BCUT2D eigenvalue weighted by Gasteiger charge is -2.17. The van der Waals surface area contributed by atoms with E-state index in [1.807, 2.05) is 30.3 Å². The summed E-state index contributed by atoms with van der Waals surface area (Å²) in [4.78, 5) is 4.19. The van der Waals surface area contributed by atoms with Crippen LogP contribution >= 0.6 is 11.6 Å². The van der Waals surface area contributed by atoms with Crippen molar-refractivity contribution in [3.63, 3.8) is 0 Å². The van der Waals surface area contributed by atoms with Gasteiger partial charge in [-0.3, -0.25) is 0 Å². The average molecular weight is 291 g/mol. The number of ether oxygens (including phenoxy) is 1. The van der Waals surface area contributed by atoms with Gasteiger partial charge in [0.15, 0.2) is 0 Å². The van der Waals surface area contributed by atoms with Crippen molar-refractivity contribution in [2.45, 2.75) is 19.0 Å². The highest BCUT2D eigenvalue weighted by molar-refractivity contribution is 6.18. The minimum atomic E-state index is 0.226. The van der Waals surface area contributed by atoms with Crippen molar-refractivity contribution in [1.29, 1.82) is 0 Å². The molecule has 2 rings (SSSR count). The number of hydrogen-bond acceptors (Lipinski definition) is 3. The Morgan fingerprint density at radius 2 is 2.00 bits per heavy atom. The maximum atomic E-state index is 6.05. The van der Waals surface area contributed by atoms with Crippen molar-refractivity contribution in [2.75, 3.05) is 13.0 Å².